The van der Waals surface area contributed by atoms with Crippen LogP contribution in [-0.2, 0) is 11.3 Å². The highest BCUT2D eigenvalue weighted by Crippen LogP contribution is 2.22. The number of amides is 1. The Morgan fingerprint density at radius 3 is 2.94 bits per heavy atom. The maximum atomic E-state index is 12.2. The summed E-state index contributed by atoms with van der Waals surface area (Å²) in [5.74, 6) is 0.215. The Morgan fingerprint density at radius 2 is 2.39 bits per heavy atom. The third-order valence-electron chi connectivity index (χ3n) is 3.03. The van der Waals surface area contributed by atoms with Gasteiger partial charge >= 0.3 is 0 Å². The SMILES string of the molecule is CN(Cc1csc(Br)c1)C(=O)[C@H]1CCCCN1.Cl. The van der Waals surface area contributed by atoms with E-state index >= 15 is 0 Å². The molecule has 0 saturated carbocycles. The molecule has 3 nitrogen and oxygen atoms in total. The highest BCUT2D eigenvalue weighted by atomic mass is 79.9. The minimum atomic E-state index is 0. The van der Waals surface area contributed by atoms with E-state index < -0.39 is 0 Å². The summed E-state index contributed by atoms with van der Waals surface area (Å²) in [5, 5.41) is 5.38. The molecule has 0 aliphatic carbocycles. The second-order valence-electron chi connectivity index (χ2n) is 4.46. The first-order valence-electron chi connectivity index (χ1n) is 5.88. The predicted octanol–water partition coefficient (Wildman–Crippen LogP) is 3.03. The lowest BCUT2D eigenvalue weighted by Crippen LogP contribution is -2.46. The van der Waals surface area contributed by atoms with Gasteiger partial charge in [0.2, 0.25) is 5.91 Å². The van der Waals surface area contributed by atoms with Crippen molar-refractivity contribution in [3.8, 4) is 0 Å². The number of nitrogens with zero attached hydrogens (tertiary/aromatic N) is 1. The normalized spacial score (nSPS) is 19.1. The van der Waals surface area contributed by atoms with Gasteiger partial charge < -0.3 is 10.2 Å². The third-order valence-corrected chi connectivity index (χ3v) is 4.58. The van der Waals surface area contributed by atoms with Crippen molar-refractivity contribution in [3.63, 3.8) is 0 Å². The van der Waals surface area contributed by atoms with Gasteiger partial charge in [0.25, 0.3) is 0 Å². The number of carbonyl (C=O) groups excluding carboxylic acids is 1. The molecule has 1 atom stereocenters. The van der Waals surface area contributed by atoms with E-state index in [-0.39, 0.29) is 24.4 Å². The van der Waals surface area contributed by atoms with E-state index in [1.807, 2.05) is 11.9 Å². The Labute approximate surface area is 126 Å². The molecule has 2 heterocycles. The van der Waals surface area contributed by atoms with Gasteiger partial charge in [-0.25, -0.2) is 0 Å². The summed E-state index contributed by atoms with van der Waals surface area (Å²) in [4.78, 5) is 14.0. The van der Waals surface area contributed by atoms with Crippen LogP contribution >= 0.6 is 39.7 Å². The van der Waals surface area contributed by atoms with E-state index in [9.17, 15) is 4.79 Å². The Bertz CT molecular complexity index is 393. The number of likely N-dealkylation sites (N-methyl/N-ethyl adjacent to an activating group) is 1. The lowest BCUT2D eigenvalue weighted by molar-refractivity contribution is -0.133. The second kappa shape index (κ2) is 7.48. The molecule has 1 aromatic heterocycles. The van der Waals surface area contributed by atoms with Crippen molar-refractivity contribution in [1.29, 1.82) is 0 Å². The zero-order valence-corrected chi connectivity index (χ0v) is 13.5. The van der Waals surface area contributed by atoms with Crippen LogP contribution in [0.5, 0.6) is 0 Å². The lowest BCUT2D eigenvalue weighted by atomic mass is 10.0. The molecule has 0 spiro atoms. The molecule has 0 bridgehead atoms. The van der Waals surface area contributed by atoms with Crippen LogP contribution in [0.4, 0.5) is 0 Å². The first kappa shape index (κ1) is 16.0. The average molecular weight is 354 g/mol. The fourth-order valence-electron chi connectivity index (χ4n) is 2.11. The van der Waals surface area contributed by atoms with Crippen molar-refractivity contribution in [1.82, 2.24) is 10.2 Å². The van der Waals surface area contributed by atoms with Crippen molar-refractivity contribution in [2.75, 3.05) is 13.6 Å². The molecule has 1 amide bonds. The molecule has 0 unspecified atom stereocenters. The molecule has 0 aromatic carbocycles. The van der Waals surface area contributed by atoms with Gasteiger partial charge in [-0.05, 0) is 52.3 Å². The lowest BCUT2D eigenvalue weighted by Gasteiger charge is -2.27. The number of halogens is 2. The summed E-state index contributed by atoms with van der Waals surface area (Å²) in [5.41, 5.74) is 1.19. The Hall–Kier alpha value is -0.100. The summed E-state index contributed by atoms with van der Waals surface area (Å²) < 4.78 is 1.11. The van der Waals surface area contributed by atoms with Crippen LogP contribution in [-0.4, -0.2) is 30.4 Å². The van der Waals surface area contributed by atoms with Crippen LogP contribution in [0.1, 0.15) is 24.8 Å². The maximum absolute atomic E-state index is 12.2. The zero-order chi connectivity index (χ0) is 12.3. The summed E-state index contributed by atoms with van der Waals surface area (Å²) in [6.07, 6.45) is 3.31. The molecule has 6 heteroatoms. The van der Waals surface area contributed by atoms with Gasteiger partial charge in [0.1, 0.15) is 0 Å². The quantitative estimate of drug-likeness (QED) is 0.906. The topological polar surface area (TPSA) is 32.3 Å². The van der Waals surface area contributed by atoms with Gasteiger partial charge in [0.05, 0.1) is 9.83 Å². The fourth-order valence-corrected chi connectivity index (χ4v) is 3.31. The van der Waals surface area contributed by atoms with E-state index in [1.54, 1.807) is 11.3 Å². The monoisotopic (exact) mass is 352 g/mol. The molecule has 2 rings (SSSR count). The van der Waals surface area contributed by atoms with Crippen LogP contribution in [0.25, 0.3) is 0 Å². The largest absolute Gasteiger partial charge is 0.340 e. The zero-order valence-electron chi connectivity index (χ0n) is 10.3. The molecule has 1 aliphatic rings. The number of piperidine rings is 1. The third kappa shape index (κ3) is 4.23. The van der Waals surface area contributed by atoms with Crippen LogP contribution in [0.2, 0.25) is 0 Å². The highest BCUT2D eigenvalue weighted by molar-refractivity contribution is 9.11. The van der Waals surface area contributed by atoms with Crippen molar-refractivity contribution >= 4 is 45.6 Å². The number of hydrogen-bond acceptors (Lipinski definition) is 3. The first-order chi connectivity index (χ1) is 8.16. The van der Waals surface area contributed by atoms with E-state index in [1.165, 1.54) is 12.0 Å². The van der Waals surface area contributed by atoms with Gasteiger partial charge in [-0.3, -0.25) is 4.79 Å². The van der Waals surface area contributed by atoms with E-state index in [0.717, 1.165) is 23.2 Å². The average Bonchev–Trinajstić information content (AvgIpc) is 2.75. The maximum Gasteiger partial charge on any atom is 0.239 e. The van der Waals surface area contributed by atoms with Gasteiger partial charge in [0, 0.05) is 13.6 Å². The number of thiophene rings is 1. The van der Waals surface area contributed by atoms with Gasteiger partial charge in [-0.15, -0.1) is 23.7 Å². The molecule has 1 saturated heterocycles. The molecular weight excluding hydrogens is 336 g/mol. The van der Waals surface area contributed by atoms with Crippen molar-refractivity contribution in [2.45, 2.75) is 31.8 Å². The summed E-state index contributed by atoms with van der Waals surface area (Å²) in [6.45, 7) is 1.66. The van der Waals surface area contributed by atoms with Crippen LogP contribution < -0.4 is 5.32 Å². The Morgan fingerprint density at radius 1 is 1.61 bits per heavy atom. The molecular formula is C12H18BrClN2OS. The van der Waals surface area contributed by atoms with Crippen molar-refractivity contribution in [2.24, 2.45) is 0 Å². The summed E-state index contributed by atoms with van der Waals surface area (Å²) in [7, 11) is 1.88. The first-order valence-corrected chi connectivity index (χ1v) is 7.55. The highest BCUT2D eigenvalue weighted by Gasteiger charge is 2.23. The van der Waals surface area contributed by atoms with Crippen LogP contribution in [0.15, 0.2) is 15.2 Å². The molecule has 1 aliphatic heterocycles. The van der Waals surface area contributed by atoms with Crippen molar-refractivity contribution in [3.05, 3.63) is 20.8 Å². The molecule has 102 valence electrons. The number of hydrogen-bond donors (Lipinski definition) is 1. The minimum absolute atomic E-state index is 0. The van der Waals surface area contributed by atoms with Crippen LogP contribution in [0.3, 0.4) is 0 Å². The standard InChI is InChI=1S/C12H17BrN2OS.ClH/c1-15(7-9-6-11(13)17-8-9)12(16)10-4-2-3-5-14-10;/h6,8,10,14H,2-5,7H2,1H3;1H/t10-;/m1./s1. The van der Waals surface area contributed by atoms with Gasteiger partial charge in [-0.2, -0.15) is 0 Å². The minimum Gasteiger partial charge on any atom is -0.340 e. The molecule has 1 N–H and O–H groups in total. The number of rotatable bonds is 3. The molecule has 0 radical (unpaired) electrons. The smallest absolute Gasteiger partial charge is 0.239 e. The molecule has 18 heavy (non-hydrogen) atoms. The fraction of sp³-hybridized carbons (Fsp3) is 0.583. The van der Waals surface area contributed by atoms with Crippen LogP contribution in [0, 0.1) is 0 Å². The Kier molecular flexibility index (Phi) is 6.63. The number of nitrogens with one attached hydrogen (secondary N) is 1. The van der Waals surface area contributed by atoms with E-state index in [0.29, 0.717) is 6.54 Å². The Balaban J connectivity index is 0.00000162. The summed E-state index contributed by atoms with van der Waals surface area (Å²) >= 11 is 5.10. The van der Waals surface area contributed by atoms with E-state index in [4.69, 9.17) is 0 Å². The predicted molar refractivity (Wildman–Crippen MR) is 81.4 cm³/mol. The molecule has 1 aromatic rings. The van der Waals surface area contributed by atoms with Crippen molar-refractivity contribution < 1.29 is 4.79 Å². The van der Waals surface area contributed by atoms with Gasteiger partial charge in [-0.1, -0.05) is 6.42 Å². The number of carbonyl (C=O) groups is 1. The van der Waals surface area contributed by atoms with Gasteiger partial charge in [0.15, 0.2) is 0 Å². The molecule has 1 fully saturated rings. The second-order valence-corrected chi connectivity index (χ2v) is 6.75. The summed E-state index contributed by atoms with van der Waals surface area (Å²) in [6, 6.07) is 2.10. The van der Waals surface area contributed by atoms with E-state index in [2.05, 4.69) is 32.7 Å².